The minimum absolute atomic E-state index is 0.218. The van der Waals surface area contributed by atoms with Crippen molar-refractivity contribution in [1.82, 2.24) is 0 Å². The largest absolute Gasteiger partial charge is 0.321 e. The maximum absolute atomic E-state index is 12.3. The molecule has 0 bridgehead atoms. The number of hydrogen-bond acceptors (Lipinski definition) is 1. The minimum Gasteiger partial charge on any atom is -0.321 e. The summed E-state index contributed by atoms with van der Waals surface area (Å²) in [7, 11) is 0. The van der Waals surface area contributed by atoms with Gasteiger partial charge in [0.05, 0.1) is 15.7 Å². The first-order valence-corrected chi connectivity index (χ1v) is 7.15. The van der Waals surface area contributed by atoms with Crippen LogP contribution in [0.4, 0.5) is 5.69 Å². The number of hydrogen-bond donors (Lipinski definition) is 1. The van der Waals surface area contributed by atoms with Gasteiger partial charge in [-0.3, -0.25) is 4.79 Å². The van der Waals surface area contributed by atoms with E-state index in [-0.39, 0.29) is 5.91 Å². The Balaban J connectivity index is 1.91. The number of nitrogens with one attached hydrogen (secondary N) is 1. The van der Waals surface area contributed by atoms with E-state index >= 15 is 0 Å². The van der Waals surface area contributed by atoms with Gasteiger partial charge in [-0.15, -0.1) is 0 Å². The summed E-state index contributed by atoms with van der Waals surface area (Å²) in [5.74, 6) is -0.218. The summed E-state index contributed by atoms with van der Waals surface area (Å²) in [6.07, 6.45) is 0. The second-order valence-electron chi connectivity index (χ2n) is 4.62. The van der Waals surface area contributed by atoms with Crippen LogP contribution in [0.1, 0.15) is 10.4 Å². The highest BCUT2D eigenvalue weighted by Crippen LogP contribution is 2.30. The maximum Gasteiger partial charge on any atom is 0.255 e. The first-order valence-electron chi connectivity index (χ1n) is 6.39. The van der Waals surface area contributed by atoms with Gasteiger partial charge in [0.1, 0.15) is 0 Å². The fraction of sp³-hybridized carbons (Fsp3) is 0. The minimum atomic E-state index is -0.218. The summed E-state index contributed by atoms with van der Waals surface area (Å²) in [4.78, 5) is 12.3. The second-order valence-corrected chi connectivity index (χ2v) is 5.40. The van der Waals surface area contributed by atoms with Crippen molar-refractivity contribution in [2.75, 3.05) is 5.32 Å². The molecule has 21 heavy (non-hydrogen) atoms. The van der Waals surface area contributed by atoms with Crippen molar-refractivity contribution in [3.63, 3.8) is 0 Å². The summed E-state index contributed by atoms with van der Waals surface area (Å²) < 4.78 is 0. The molecule has 0 aliphatic rings. The molecular weight excluding hydrogens is 305 g/mol. The fourth-order valence-electron chi connectivity index (χ4n) is 2.13. The smallest absolute Gasteiger partial charge is 0.255 e. The average Bonchev–Trinajstić information content (AvgIpc) is 2.51. The van der Waals surface area contributed by atoms with Gasteiger partial charge in [-0.25, -0.2) is 0 Å². The zero-order valence-corrected chi connectivity index (χ0v) is 12.4. The van der Waals surface area contributed by atoms with Crippen LogP contribution in [0, 0.1) is 0 Å². The number of rotatable bonds is 2. The summed E-state index contributed by atoms with van der Waals surface area (Å²) in [5, 5.41) is 5.64. The van der Waals surface area contributed by atoms with Gasteiger partial charge >= 0.3 is 0 Å². The third-order valence-electron chi connectivity index (χ3n) is 3.21. The van der Waals surface area contributed by atoms with Crippen molar-refractivity contribution >= 4 is 45.6 Å². The number of amides is 1. The lowest BCUT2D eigenvalue weighted by molar-refractivity contribution is 0.102. The van der Waals surface area contributed by atoms with Crippen LogP contribution in [-0.2, 0) is 0 Å². The Morgan fingerprint density at radius 3 is 2.43 bits per heavy atom. The lowest BCUT2D eigenvalue weighted by Gasteiger charge is -2.09. The highest BCUT2D eigenvalue weighted by Gasteiger charge is 2.10. The third kappa shape index (κ3) is 2.87. The highest BCUT2D eigenvalue weighted by atomic mass is 35.5. The molecule has 0 saturated carbocycles. The Morgan fingerprint density at radius 2 is 1.62 bits per heavy atom. The van der Waals surface area contributed by atoms with Crippen LogP contribution in [0.15, 0.2) is 60.7 Å². The molecule has 0 aliphatic heterocycles. The quantitative estimate of drug-likeness (QED) is 0.674. The number of benzene rings is 3. The van der Waals surface area contributed by atoms with E-state index in [0.717, 1.165) is 10.8 Å². The molecule has 0 spiro atoms. The predicted octanol–water partition coefficient (Wildman–Crippen LogP) is 5.40. The molecule has 2 nitrogen and oxygen atoms in total. The molecule has 4 heteroatoms. The molecular formula is C17H11Cl2NO. The van der Waals surface area contributed by atoms with E-state index in [1.165, 1.54) is 0 Å². The van der Waals surface area contributed by atoms with Gasteiger partial charge < -0.3 is 5.32 Å². The van der Waals surface area contributed by atoms with Crippen molar-refractivity contribution in [2.45, 2.75) is 0 Å². The van der Waals surface area contributed by atoms with Gasteiger partial charge in [0.2, 0.25) is 0 Å². The Kier molecular flexibility index (Phi) is 3.82. The molecule has 0 fully saturated rings. The highest BCUT2D eigenvalue weighted by molar-refractivity contribution is 6.44. The van der Waals surface area contributed by atoms with Gasteiger partial charge in [0.15, 0.2) is 0 Å². The molecule has 3 aromatic rings. The van der Waals surface area contributed by atoms with E-state index in [9.17, 15) is 4.79 Å². The SMILES string of the molecule is O=C(Nc1cccc(Cl)c1Cl)c1ccc2ccccc2c1. The lowest BCUT2D eigenvalue weighted by atomic mass is 10.1. The molecule has 0 aliphatic carbocycles. The molecule has 1 amide bonds. The Hall–Kier alpha value is -2.03. The van der Waals surface area contributed by atoms with Gasteiger partial charge in [-0.2, -0.15) is 0 Å². The molecule has 0 unspecified atom stereocenters. The Morgan fingerprint density at radius 1 is 0.857 bits per heavy atom. The molecule has 0 atom stereocenters. The van der Waals surface area contributed by atoms with E-state index in [1.54, 1.807) is 24.3 Å². The summed E-state index contributed by atoms with van der Waals surface area (Å²) in [5.41, 5.74) is 1.08. The van der Waals surface area contributed by atoms with Gasteiger partial charge in [0.25, 0.3) is 5.91 Å². The van der Waals surface area contributed by atoms with E-state index in [2.05, 4.69) is 5.32 Å². The van der Waals surface area contributed by atoms with Crippen molar-refractivity contribution in [3.05, 3.63) is 76.3 Å². The molecule has 1 N–H and O–H groups in total. The van der Waals surface area contributed by atoms with Gasteiger partial charge in [-0.1, -0.05) is 59.6 Å². The number of halogens is 2. The summed E-state index contributed by atoms with van der Waals surface area (Å²) >= 11 is 12.0. The molecule has 104 valence electrons. The topological polar surface area (TPSA) is 29.1 Å². The summed E-state index contributed by atoms with van der Waals surface area (Å²) in [6.45, 7) is 0. The summed E-state index contributed by atoms with van der Waals surface area (Å²) in [6, 6.07) is 18.6. The van der Waals surface area contributed by atoms with Crippen molar-refractivity contribution in [3.8, 4) is 0 Å². The van der Waals surface area contributed by atoms with Crippen LogP contribution in [0.2, 0.25) is 10.0 Å². The third-order valence-corrected chi connectivity index (χ3v) is 4.03. The van der Waals surface area contributed by atoms with Crippen molar-refractivity contribution < 1.29 is 4.79 Å². The molecule has 0 heterocycles. The standard InChI is InChI=1S/C17H11Cl2NO/c18-14-6-3-7-15(16(14)19)20-17(21)13-9-8-11-4-1-2-5-12(11)10-13/h1-10H,(H,20,21). The van der Waals surface area contributed by atoms with Crippen LogP contribution < -0.4 is 5.32 Å². The van der Waals surface area contributed by atoms with E-state index in [1.807, 2.05) is 36.4 Å². The van der Waals surface area contributed by atoms with Crippen molar-refractivity contribution in [2.24, 2.45) is 0 Å². The first kappa shape index (κ1) is 13.9. The first-order chi connectivity index (χ1) is 10.1. The van der Waals surface area contributed by atoms with E-state index in [0.29, 0.717) is 21.3 Å². The molecule has 3 aromatic carbocycles. The van der Waals surface area contributed by atoms with Gasteiger partial charge in [-0.05, 0) is 35.0 Å². The molecule has 0 radical (unpaired) electrons. The zero-order chi connectivity index (χ0) is 14.8. The Labute approximate surface area is 132 Å². The van der Waals surface area contributed by atoms with Crippen LogP contribution in [0.3, 0.4) is 0 Å². The number of carbonyl (C=O) groups excluding carboxylic acids is 1. The fourth-order valence-corrected chi connectivity index (χ4v) is 2.47. The average molecular weight is 316 g/mol. The lowest BCUT2D eigenvalue weighted by Crippen LogP contribution is -2.12. The number of fused-ring (bicyclic) bond motifs is 1. The van der Waals surface area contributed by atoms with Crippen LogP contribution in [0.5, 0.6) is 0 Å². The molecule has 0 saturated heterocycles. The van der Waals surface area contributed by atoms with Crippen LogP contribution in [-0.4, -0.2) is 5.91 Å². The van der Waals surface area contributed by atoms with Crippen LogP contribution in [0.25, 0.3) is 10.8 Å². The zero-order valence-electron chi connectivity index (χ0n) is 10.9. The normalized spacial score (nSPS) is 10.6. The number of carbonyl (C=O) groups is 1. The van der Waals surface area contributed by atoms with Crippen LogP contribution >= 0.6 is 23.2 Å². The predicted molar refractivity (Wildman–Crippen MR) is 88.4 cm³/mol. The Bertz CT molecular complexity index is 830. The van der Waals surface area contributed by atoms with Gasteiger partial charge in [0, 0.05) is 5.56 Å². The molecule has 3 rings (SSSR count). The van der Waals surface area contributed by atoms with E-state index in [4.69, 9.17) is 23.2 Å². The number of anilines is 1. The second kappa shape index (κ2) is 5.76. The molecule has 0 aromatic heterocycles. The monoisotopic (exact) mass is 315 g/mol. The maximum atomic E-state index is 12.3. The van der Waals surface area contributed by atoms with Crippen molar-refractivity contribution in [1.29, 1.82) is 0 Å². The van der Waals surface area contributed by atoms with E-state index < -0.39 is 0 Å².